The van der Waals surface area contributed by atoms with Gasteiger partial charge in [-0.05, 0) is 38.3 Å². The van der Waals surface area contributed by atoms with Crippen molar-refractivity contribution in [2.75, 3.05) is 13.1 Å². The standard InChI is InChI=1S/C14H27NO/c1-5-7-11(2)13(16)14(3,4)12-8-6-9-15-10-12/h11-12,15H,5-10H2,1-4H3. The topological polar surface area (TPSA) is 29.1 Å². The molecule has 2 heteroatoms. The molecular formula is C14H27NO. The monoisotopic (exact) mass is 225 g/mol. The molecule has 16 heavy (non-hydrogen) atoms. The van der Waals surface area contributed by atoms with E-state index in [1.165, 1.54) is 12.8 Å². The van der Waals surface area contributed by atoms with Gasteiger partial charge in [0.15, 0.2) is 0 Å². The molecule has 1 fully saturated rings. The Kier molecular flexibility index (Phi) is 4.97. The largest absolute Gasteiger partial charge is 0.316 e. The molecule has 94 valence electrons. The second-order valence-corrected chi connectivity index (χ2v) is 5.82. The van der Waals surface area contributed by atoms with Gasteiger partial charge in [0, 0.05) is 11.3 Å². The van der Waals surface area contributed by atoms with E-state index in [0.717, 1.165) is 25.9 Å². The van der Waals surface area contributed by atoms with Crippen LogP contribution in [-0.2, 0) is 4.79 Å². The smallest absolute Gasteiger partial charge is 0.141 e. The van der Waals surface area contributed by atoms with Gasteiger partial charge in [-0.2, -0.15) is 0 Å². The van der Waals surface area contributed by atoms with Gasteiger partial charge in [0.1, 0.15) is 5.78 Å². The molecule has 1 aliphatic rings. The number of hydrogen-bond acceptors (Lipinski definition) is 2. The van der Waals surface area contributed by atoms with E-state index in [1.54, 1.807) is 0 Å². The van der Waals surface area contributed by atoms with Crippen LogP contribution in [0.2, 0.25) is 0 Å². The van der Waals surface area contributed by atoms with Gasteiger partial charge >= 0.3 is 0 Å². The molecule has 0 saturated carbocycles. The molecule has 0 bridgehead atoms. The third-order valence-electron chi connectivity index (χ3n) is 4.12. The molecule has 0 aromatic heterocycles. The molecule has 0 aromatic rings. The van der Waals surface area contributed by atoms with Gasteiger partial charge in [-0.1, -0.05) is 34.1 Å². The van der Waals surface area contributed by atoms with Crippen LogP contribution in [0.1, 0.15) is 53.4 Å². The highest BCUT2D eigenvalue weighted by atomic mass is 16.1. The number of ketones is 1. The number of carbonyl (C=O) groups excluding carboxylic acids is 1. The van der Waals surface area contributed by atoms with Gasteiger partial charge in [0.05, 0.1) is 0 Å². The summed E-state index contributed by atoms with van der Waals surface area (Å²) in [6, 6.07) is 0. The Hall–Kier alpha value is -0.370. The number of rotatable bonds is 5. The zero-order valence-electron chi connectivity index (χ0n) is 11.3. The fourth-order valence-electron chi connectivity index (χ4n) is 2.87. The Morgan fingerprint density at radius 2 is 2.19 bits per heavy atom. The first-order valence-corrected chi connectivity index (χ1v) is 6.75. The number of carbonyl (C=O) groups is 1. The van der Waals surface area contributed by atoms with E-state index in [2.05, 4.69) is 33.0 Å². The first-order chi connectivity index (χ1) is 7.50. The Morgan fingerprint density at radius 3 is 2.69 bits per heavy atom. The highest BCUT2D eigenvalue weighted by Gasteiger charge is 2.38. The average molecular weight is 225 g/mol. The highest BCUT2D eigenvalue weighted by Crippen LogP contribution is 2.35. The predicted molar refractivity (Wildman–Crippen MR) is 68.5 cm³/mol. The Labute approximate surface area is 100 Å². The maximum atomic E-state index is 12.4. The van der Waals surface area contributed by atoms with E-state index in [0.29, 0.717) is 11.7 Å². The number of piperidine rings is 1. The third-order valence-corrected chi connectivity index (χ3v) is 4.12. The number of Topliss-reactive ketones (excluding diaryl/α,β-unsaturated/α-hetero) is 1. The number of nitrogens with one attached hydrogen (secondary N) is 1. The summed E-state index contributed by atoms with van der Waals surface area (Å²) in [4.78, 5) is 12.4. The van der Waals surface area contributed by atoms with E-state index >= 15 is 0 Å². The van der Waals surface area contributed by atoms with Gasteiger partial charge in [0.2, 0.25) is 0 Å². The van der Waals surface area contributed by atoms with Gasteiger partial charge in [-0.25, -0.2) is 0 Å². The van der Waals surface area contributed by atoms with Crippen LogP contribution < -0.4 is 5.32 Å². The van der Waals surface area contributed by atoms with E-state index in [-0.39, 0.29) is 11.3 Å². The number of hydrogen-bond donors (Lipinski definition) is 1. The van der Waals surface area contributed by atoms with E-state index in [9.17, 15) is 4.79 Å². The summed E-state index contributed by atoms with van der Waals surface area (Å²) in [6.07, 6.45) is 4.54. The third kappa shape index (κ3) is 3.07. The van der Waals surface area contributed by atoms with Crippen LogP contribution >= 0.6 is 0 Å². The van der Waals surface area contributed by atoms with Gasteiger partial charge in [-0.15, -0.1) is 0 Å². The minimum atomic E-state index is -0.151. The quantitative estimate of drug-likeness (QED) is 0.779. The summed E-state index contributed by atoms with van der Waals surface area (Å²) >= 11 is 0. The van der Waals surface area contributed by atoms with E-state index < -0.39 is 0 Å². The van der Waals surface area contributed by atoms with Crippen molar-refractivity contribution in [3.63, 3.8) is 0 Å². The molecule has 1 aliphatic heterocycles. The van der Waals surface area contributed by atoms with Crippen molar-refractivity contribution in [2.24, 2.45) is 17.3 Å². The van der Waals surface area contributed by atoms with Crippen LogP contribution in [0.3, 0.4) is 0 Å². The Bertz CT molecular complexity index is 229. The van der Waals surface area contributed by atoms with Crippen molar-refractivity contribution in [1.29, 1.82) is 0 Å². The molecule has 1 rings (SSSR count). The zero-order chi connectivity index (χ0) is 12.2. The van der Waals surface area contributed by atoms with Gasteiger partial charge in [-0.3, -0.25) is 4.79 Å². The molecular weight excluding hydrogens is 198 g/mol. The summed E-state index contributed by atoms with van der Waals surface area (Å²) < 4.78 is 0. The van der Waals surface area contributed by atoms with E-state index in [4.69, 9.17) is 0 Å². The van der Waals surface area contributed by atoms with Crippen LogP contribution in [0, 0.1) is 17.3 Å². The fourth-order valence-corrected chi connectivity index (χ4v) is 2.87. The second kappa shape index (κ2) is 5.81. The molecule has 0 amide bonds. The van der Waals surface area contributed by atoms with Crippen molar-refractivity contribution in [3.8, 4) is 0 Å². The van der Waals surface area contributed by atoms with Crippen molar-refractivity contribution in [2.45, 2.75) is 53.4 Å². The van der Waals surface area contributed by atoms with Crippen LogP contribution in [0.25, 0.3) is 0 Å². The highest BCUT2D eigenvalue weighted by molar-refractivity contribution is 5.86. The van der Waals surface area contributed by atoms with Crippen molar-refractivity contribution in [1.82, 2.24) is 5.32 Å². The molecule has 0 aromatic carbocycles. The predicted octanol–water partition coefficient (Wildman–Crippen LogP) is 3.02. The Morgan fingerprint density at radius 1 is 1.50 bits per heavy atom. The molecule has 0 aliphatic carbocycles. The van der Waals surface area contributed by atoms with Crippen LogP contribution in [0.4, 0.5) is 0 Å². The average Bonchev–Trinajstić information content (AvgIpc) is 2.29. The summed E-state index contributed by atoms with van der Waals surface area (Å²) in [5, 5.41) is 3.41. The lowest BCUT2D eigenvalue weighted by Crippen LogP contribution is -2.44. The van der Waals surface area contributed by atoms with Gasteiger partial charge in [0.25, 0.3) is 0 Å². The molecule has 2 unspecified atom stereocenters. The van der Waals surface area contributed by atoms with Crippen molar-refractivity contribution in [3.05, 3.63) is 0 Å². The van der Waals surface area contributed by atoms with Crippen LogP contribution in [-0.4, -0.2) is 18.9 Å². The van der Waals surface area contributed by atoms with Crippen LogP contribution in [0.15, 0.2) is 0 Å². The lowest BCUT2D eigenvalue weighted by Gasteiger charge is -2.37. The summed E-state index contributed by atoms with van der Waals surface area (Å²) in [5.74, 6) is 1.21. The summed E-state index contributed by atoms with van der Waals surface area (Å²) in [5.41, 5.74) is -0.151. The summed E-state index contributed by atoms with van der Waals surface area (Å²) in [6.45, 7) is 10.6. The molecule has 0 radical (unpaired) electrons. The first kappa shape index (κ1) is 13.7. The maximum absolute atomic E-state index is 12.4. The molecule has 1 saturated heterocycles. The van der Waals surface area contributed by atoms with Gasteiger partial charge < -0.3 is 5.32 Å². The zero-order valence-corrected chi connectivity index (χ0v) is 11.3. The maximum Gasteiger partial charge on any atom is 0.141 e. The van der Waals surface area contributed by atoms with Crippen molar-refractivity contribution >= 4 is 5.78 Å². The lowest BCUT2D eigenvalue weighted by atomic mass is 9.69. The molecule has 1 N–H and O–H groups in total. The molecule has 1 heterocycles. The SMILES string of the molecule is CCCC(C)C(=O)C(C)(C)C1CCCNC1. The normalized spacial score (nSPS) is 24.1. The van der Waals surface area contributed by atoms with Crippen LogP contribution in [0.5, 0.6) is 0 Å². The molecule has 0 spiro atoms. The lowest BCUT2D eigenvalue weighted by molar-refractivity contribution is -0.134. The first-order valence-electron chi connectivity index (χ1n) is 6.75. The van der Waals surface area contributed by atoms with Crippen molar-refractivity contribution < 1.29 is 4.79 Å². The minimum Gasteiger partial charge on any atom is -0.316 e. The molecule has 2 nitrogen and oxygen atoms in total. The van der Waals surface area contributed by atoms with E-state index in [1.807, 2.05) is 0 Å². The fraction of sp³-hybridized carbons (Fsp3) is 0.929. The Balaban J connectivity index is 2.63. The minimum absolute atomic E-state index is 0.151. The molecule has 2 atom stereocenters. The summed E-state index contributed by atoms with van der Waals surface area (Å²) in [7, 11) is 0. The second-order valence-electron chi connectivity index (χ2n) is 5.82.